The van der Waals surface area contributed by atoms with Crippen LogP contribution in [0.2, 0.25) is 5.02 Å². The molecular formula is C28H26BrClN2O4. The van der Waals surface area contributed by atoms with Gasteiger partial charge in [0.05, 0.1) is 18.2 Å². The van der Waals surface area contributed by atoms with E-state index in [-0.39, 0.29) is 17.3 Å². The van der Waals surface area contributed by atoms with Gasteiger partial charge in [0.15, 0.2) is 5.76 Å². The number of aromatic hydroxyl groups is 1. The minimum absolute atomic E-state index is 0.137. The normalized spacial score (nSPS) is 16.8. The summed E-state index contributed by atoms with van der Waals surface area (Å²) in [6.45, 7) is 5.58. The van der Waals surface area contributed by atoms with Crippen molar-refractivity contribution in [2.45, 2.75) is 13.5 Å². The molecule has 1 fully saturated rings. The number of hydrogen-bond acceptors (Lipinski definition) is 6. The predicted molar refractivity (Wildman–Crippen MR) is 145 cm³/mol. The number of nitrogens with zero attached hydrogens (tertiary/aromatic N) is 2. The highest BCUT2D eigenvalue weighted by Crippen LogP contribution is 2.43. The lowest BCUT2D eigenvalue weighted by Crippen LogP contribution is -2.46. The van der Waals surface area contributed by atoms with Gasteiger partial charge in [-0.2, -0.15) is 0 Å². The van der Waals surface area contributed by atoms with E-state index in [2.05, 4.69) is 31.8 Å². The van der Waals surface area contributed by atoms with Gasteiger partial charge in [-0.3, -0.25) is 9.69 Å². The number of methoxy groups -OCH3 is 1. The number of halogens is 2. The summed E-state index contributed by atoms with van der Waals surface area (Å²) in [6, 6.07) is 15.1. The van der Waals surface area contributed by atoms with Gasteiger partial charge in [-0.1, -0.05) is 33.6 Å². The standard InChI is InChI=1S/C28H26BrClN2O4/c1-17-12-23(33)22(16-31-8-10-32(11-9-31)21-5-3-4-20(30)15-21)28-26(17)27(34)25(36-28)14-18-13-19(29)6-7-24(18)35-2/h3-7,12-15,33H,8-11,16H2,1-2H3/b25-14-. The molecule has 0 aromatic heterocycles. The van der Waals surface area contributed by atoms with Crippen LogP contribution in [-0.4, -0.2) is 49.1 Å². The van der Waals surface area contributed by atoms with Crippen LogP contribution < -0.4 is 14.4 Å². The molecular weight excluding hydrogens is 544 g/mol. The summed E-state index contributed by atoms with van der Waals surface area (Å²) in [7, 11) is 1.59. The molecule has 1 N–H and O–H groups in total. The molecule has 0 bridgehead atoms. The Hall–Kier alpha value is -3.00. The molecule has 0 atom stereocenters. The Morgan fingerprint density at radius 1 is 1.14 bits per heavy atom. The van der Waals surface area contributed by atoms with E-state index >= 15 is 0 Å². The van der Waals surface area contributed by atoms with Gasteiger partial charge in [0.1, 0.15) is 17.2 Å². The van der Waals surface area contributed by atoms with Gasteiger partial charge in [-0.05, 0) is 61.0 Å². The second-order valence-corrected chi connectivity index (χ2v) is 10.3. The van der Waals surface area contributed by atoms with Crippen LogP contribution in [0, 0.1) is 6.92 Å². The van der Waals surface area contributed by atoms with Crippen molar-refractivity contribution >= 4 is 45.1 Å². The summed E-state index contributed by atoms with van der Waals surface area (Å²) < 4.78 is 12.4. The van der Waals surface area contributed by atoms with E-state index < -0.39 is 0 Å². The van der Waals surface area contributed by atoms with Crippen molar-refractivity contribution in [3.05, 3.63) is 86.0 Å². The molecule has 3 aromatic carbocycles. The van der Waals surface area contributed by atoms with Crippen LogP contribution in [0.5, 0.6) is 17.2 Å². The van der Waals surface area contributed by atoms with Crippen molar-refractivity contribution in [2.24, 2.45) is 0 Å². The molecule has 0 unspecified atom stereocenters. The first-order valence-corrected chi connectivity index (χ1v) is 12.9. The number of Topliss-reactive ketones (excluding diaryl/α,β-unsaturated/α-hetero) is 1. The Balaban J connectivity index is 1.38. The third kappa shape index (κ3) is 4.83. The maximum absolute atomic E-state index is 13.3. The van der Waals surface area contributed by atoms with Crippen molar-refractivity contribution in [3.63, 3.8) is 0 Å². The minimum atomic E-state index is -0.198. The number of rotatable bonds is 5. The Kier molecular flexibility index (Phi) is 6.97. The molecule has 2 aliphatic heterocycles. The number of anilines is 1. The number of fused-ring (bicyclic) bond motifs is 1. The number of aryl methyl sites for hydroxylation is 1. The van der Waals surface area contributed by atoms with Crippen LogP contribution in [0.3, 0.4) is 0 Å². The Bertz CT molecular complexity index is 1370. The lowest BCUT2D eigenvalue weighted by molar-refractivity contribution is 0.101. The van der Waals surface area contributed by atoms with Gasteiger partial charge in [0.2, 0.25) is 5.78 Å². The molecule has 0 spiro atoms. The molecule has 0 saturated carbocycles. The third-order valence-corrected chi connectivity index (χ3v) is 7.35. The summed E-state index contributed by atoms with van der Waals surface area (Å²) in [5, 5.41) is 11.6. The zero-order chi connectivity index (χ0) is 25.4. The fraction of sp³-hybridized carbons (Fsp3) is 0.250. The van der Waals surface area contributed by atoms with Crippen LogP contribution in [0.1, 0.15) is 27.0 Å². The second-order valence-electron chi connectivity index (χ2n) is 8.96. The molecule has 1 saturated heterocycles. The lowest BCUT2D eigenvalue weighted by Gasteiger charge is -2.36. The van der Waals surface area contributed by atoms with Crippen LogP contribution in [0.4, 0.5) is 5.69 Å². The first kappa shape index (κ1) is 24.7. The van der Waals surface area contributed by atoms with Crippen LogP contribution in [0.15, 0.2) is 58.8 Å². The number of phenols is 1. The van der Waals surface area contributed by atoms with Crippen molar-refractivity contribution < 1.29 is 19.4 Å². The molecule has 5 rings (SSSR count). The molecule has 36 heavy (non-hydrogen) atoms. The van der Waals surface area contributed by atoms with E-state index in [1.165, 1.54) is 0 Å². The average Bonchev–Trinajstić information content (AvgIpc) is 3.18. The van der Waals surface area contributed by atoms with Gasteiger partial charge >= 0.3 is 0 Å². The number of hydrogen-bond donors (Lipinski definition) is 1. The van der Waals surface area contributed by atoms with Crippen molar-refractivity contribution in [1.29, 1.82) is 0 Å². The number of ketones is 1. The summed E-state index contributed by atoms with van der Waals surface area (Å²) >= 11 is 9.63. The average molecular weight is 570 g/mol. The topological polar surface area (TPSA) is 62.2 Å². The summed E-state index contributed by atoms with van der Waals surface area (Å²) in [4.78, 5) is 17.9. The Morgan fingerprint density at radius 2 is 1.92 bits per heavy atom. The first-order valence-electron chi connectivity index (χ1n) is 11.7. The van der Waals surface area contributed by atoms with E-state index in [1.54, 1.807) is 19.3 Å². The fourth-order valence-electron chi connectivity index (χ4n) is 4.75. The van der Waals surface area contributed by atoms with E-state index in [0.29, 0.717) is 34.7 Å². The number of phenolic OH excluding ortho intramolecular Hbond substituents is 1. The highest BCUT2D eigenvalue weighted by Gasteiger charge is 2.34. The highest BCUT2D eigenvalue weighted by atomic mass is 79.9. The van der Waals surface area contributed by atoms with E-state index in [1.807, 2.05) is 43.3 Å². The Labute approximate surface area is 223 Å². The van der Waals surface area contributed by atoms with E-state index in [4.69, 9.17) is 21.1 Å². The molecule has 3 aromatic rings. The maximum Gasteiger partial charge on any atom is 0.232 e. The van der Waals surface area contributed by atoms with E-state index in [0.717, 1.165) is 46.9 Å². The first-order chi connectivity index (χ1) is 17.3. The monoisotopic (exact) mass is 568 g/mol. The van der Waals surface area contributed by atoms with E-state index in [9.17, 15) is 9.90 Å². The largest absolute Gasteiger partial charge is 0.507 e. The van der Waals surface area contributed by atoms with Gasteiger partial charge in [0.25, 0.3) is 0 Å². The SMILES string of the molecule is COc1ccc(Br)cc1/C=C1\Oc2c(CN3CCN(c4cccc(Cl)c4)CC3)c(O)cc(C)c2C1=O. The van der Waals surface area contributed by atoms with Gasteiger partial charge < -0.3 is 19.5 Å². The molecule has 6 nitrogen and oxygen atoms in total. The molecule has 0 radical (unpaired) electrons. The highest BCUT2D eigenvalue weighted by molar-refractivity contribution is 9.10. The third-order valence-electron chi connectivity index (χ3n) is 6.63. The van der Waals surface area contributed by atoms with Crippen molar-refractivity contribution in [3.8, 4) is 17.2 Å². The predicted octanol–water partition coefficient (Wildman–Crippen LogP) is 6.06. The maximum atomic E-state index is 13.3. The van der Waals surface area contributed by atoms with Crippen LogP contribution >= 0.6 is 27.5 Å². The van der Waals surface area contributed by atoms with Crippen molar-refractivity contribution in [1.82, 2.24) is 4.90 Å². The quantitative estimate of drug-likeness (QED) is 0.377. The molecule has 2 heterocycles. The molecule has 8 heteroatoms. The number of piperazine rings is 1. The lowest BCUT2D eigenvalue weighted by atomic mass is 9.99. The molecule has 0 aliphatic carbocycles. The summed E-state index contributed by atoms with van der Waals surface area (Å²) in [5.41, 5.74) is 3.65. The zero-order valence-electron chi connectivity index (χ0n) is 20.1. The molecule has 2 aliphatic rings. The number of ether oxygens (including phenoxy) is 2. The summed E-state index contributed by atoms with van der Waals surface area (Å²) in [5.74, 6) is 1.22. The van der Waals surface area contributed by atoms with Crippen molar-refractivity contribution in [2.75, 3.05) is 38.2 Å². The smallest absolute Gasteiger partial charge is 0.232 e. The minimum Gasteiger partial charge on any atom is -0.507 e. The zero-order valence-corrected chi connectivity index (χ0v) is 22.4. The molecule has 186 valence electrons. The number of benzene rings is 3. The number of allylic oxidation sites excluding steroid dienone is 1. The second kappa shape index (κ2) is 10.2. The summed E-state index contributed by atoms with van der Waals surface area (Å²) in [6.07, 6.45) is 1.69. The number of carbonyl (C=O) groups excluding carboxylic acids is 1. The van der Waals surface area contributed by atoms with Gasteiger partial charge in [-0.25, -0.2) is 0 Å². The van der Waals surface area contributed by atoms with Crippen LogP contribution in [-0.2, 0) is 6.54 Å². The molecule has 0 amide bonds. The van der Waals surface area contributed by atoms with Crippen LogP contribution in [0.25, 0.3) is 6.08 Å². The Morgan fingerprint density at radius 3 is 2.64 bits per heavy atom. The van der Waals surface area contributed by atoms with Gasteiger partial charge in [-0.15, -0.1) is 0 Å². The fourth-order valence-corrected chi connectivity index (χ4v) is 5.32. The number of carbonyl (C=O) groups is 1. The van der Waals surface area contributed by atoms with Gasteiger partial charge in [0, 0.05) is 53.5 Å².